The Morgan fingerprint density at radius 3 is 2.64 bits per heavy atom. The van der Waals surface area contributed by atoms with Crippen LogP contribution in [-0.4, -0.2) is 61.8 Å². The van der Waals surface area contributed by atoms with Crippen molar-refractivity contribution in [2.45, 2.75) is 32.4 Å². The fourth-order valence-electron chi connectivity index (χ4n) is 2.76. The van der Waals surface area contributed by atoms with Crippen LogP contribution in [-0.2, 0) is 23.0 Å². The van der Waals surface area contributed by atoms with Crippen LogP contribution in [0.15, 0.2) is 16.5 Å². The van der Waals surface area contributed by atoms with Gasteiger partial charge in [-0.05, 0) is 18.6 Å². The zero-order chi connectivity index (χ0) is 16.3. The number of rotatable bonds is 7. The molecular formula is C15H26N2O4S. The molecular weight excluding hydrogens is 304 g/mol. The predicted octanol–water partition coefficient (Wildman–Crippen LogP) is 0.916. The van der Waals surface area contributed by atoms with E-state index in [9.17, 15) is 13.5 Å². The first kappa shape index (κ1) is 17.5. The monoisotopic (exact) mass is 330 g/mol. The quantitative estimate of drug-likeness (QED) is 0.805. The SMILES string of the molecule is CCCc1ccc(CN2C[C@@H](CS(=O)(=O)N(C)C)[C@@H](O)C2)o1. The average Bonchev–Trinajstić information content (AvgIpc) is 2.98. The molecule has 1 saturated heterocycles. The Bertz CT molecular complexity index is 582. The van der Waals surface area contributed by atoms with Crippen molar-refractivity contribution in [3.8, 4) is 0 Å². The van der Waals surface area contributed by atoms with Crippen molar-refractivity contribution in [3.05, 3.63) is 23.7 Å². The summed E-state index contributed by atoms with van der Waals surface area (Å²) in [6, 6.07) is 3.95. The van der Waals surface area contributed by atoms with E-state index >= 15 is 0 Å². The maximum atomic E-state index is 11.9. The maximum absolute atomic E-state index is 11.9. The molecule has 2 heterocycles. The molecule has 1 aromatic rings. The predicted molar refractivity (Wildman–Crippen MR) is 85.0 cm³/mol. The van der Waals surface area contributed by atoms with Crippen molar-refractivity contribution in [3.63, 3.8) is 0 Å². The van der Waals surface area contributed by atoms with Gasteiger partial charge in [0.05, 0.1) is 18.4 Å². The minimum absolute atomic E-state index is 0.0170. The molecule has 0 aromatic carbocycles. The van der Waals surface area contributed by atoms with E-state index in [0.29, 0.717) is 19.6 Å². The van der Waals surface area contributed by atoms with Crippen LogP contribution in [0.25, 0.3) is 0 Å². The van der Waals surface area contributed by atoms with E-state index in [-0.39, 0.29) is 11.7 Å². The zero-order valence-electron chi connectivity index (χ0n) is 13.5. The molecule has 2 rings (SSSR count). The Morgan fingerprint density at radius 2 is 2.00 bits per heavy atom. The largest absolute Gasteiger partial charge is 0.465 e. The first-order valence-corrected chi connectivity index (χ1v) is 9.31. The van der Waals surface area contributed by atoms with Gasteiger partial charge in [0.25, 0.3) is 0 Å². The van der Waals surface area contributed by atoms with E-state index in [2.05, 4.69) is 11.8 Å². The van der Waals surface area contributed by atoms with Crippen LogP contribution >= 0.6 is 0 Å². The van der Waals surface area contributed by atoms with Crippen LogP contribution < -0.4 is 0 Å². The van der Waals surface area contributed by atoms with Crippen molar-refractivity contribution in [1.82, 2.24) is 9.21 Å². The van der Waals surface area contributed by atoms with Crippen LogP contribution in [0.4, 0.5) is 0 Å². The summed E-state index contributed by atoms with van der Waals surface area (Å²) in [5.74, 6) is 1.57. The standard InChI is InChI=1S/C15H26N2O4S/c1-4-5-13-6-7-14(21-13)9-17-8-12(15(18)10-17)11-22(19,20)16(2)3/h6-7,12,15,18H,4-5,8-11H2,1-3H3/t12-,15-/m0/s1. The van der Waals surface area contributed by atoms with E-state index in [1.54, 1.807) is 0 Å². The Kier molecular flexibility index (Phi) is 5.65. The third kappa shape index (κ3) is 4.32. The summed E-state index contributed by atoms with van der Waals surface area (Å²) >= 11 is 0. The minimum Gasteiger partial charge on any atom is -0.465 e. The minimum atomic E-state index is -3.29. The molecule has 0 unspecified atom stereocenters. The highest BCUT2D eigenvalue weighted by Crippen LogP contribution is 2.22. The molecule has 22 heavy (non-hydrogen) atoms. The number of sulfonamides is 1. The number of likely N-dealkylation sites (tertiary alicyclic amines) is 1. The second kappa shape index (κ2) is 7.12. The molecule has 1 aliphatic rings. The molecule has 1 aromatic heterocycles. The average molecular weight is 330 g/mol. The number of aryl methyl sites for hydroxylation is 1. The number of hydrogen-bond donors (Lipinski definition) is 1. The molecule has 0 aliphatic carbocycles. The second-order valence-electron chi connectivity index (χ2n) is 6.20. The van der Waals surface area contributed by atoms with Crippen molar-refractivity contribution in [2.24, 2.45) is 5.92 Å². The lowest BCUT2D eigenvalue weighted by Gasteiger charge is -2.17. The zero-order valence-corrected chi connectivity index (χ0v) is 14.3. The number of furan rings is 1. The first-order valence-electron chi connectivity index (χ1n) is 7.70. The molecule has 6 nitrogen and oxygen atoms in total. The van der Waals surface area contributed by atoms with Crippen molar-refractivity contribution in [1.29, 1.82) is 0 Å². The summed E-state index contributed by atoms with van der Waals surface area (Å²) in [5.41, 5.74) is 0. The summed E-state index contributed by atoms with van der Waals surface area (Å²) < 4.78 is 30.9. The number of β-amino-alcohol motifs (C(OH)–C–C–N with tert-alkyl or cyclic N) is 1. The molecule has 1 fully saturated rings. The summed E-state index contributed by atoms with van der Waals surface area (Å²) in [7, 11) is -0.250. The van der Waals surface area contributed by atoms with Gasteiger partial charge in [-0.15, -0.1) is 0 Å². The van der Waals surface area contributed by atoms with E-state index < -0.39 is 16.1 Å². The molecule has 0 spiro atoms. The van der Waals surface area contributed by atoms with Crippen LogP contribution in [0.3, 0.4) is 0 Å². The molecule has 1 aliphatic heterocycles. The topological polar surface area (TPSA) is 74.0 Å². The van der Waals surface area contributed by atoms with E-state index in [0.717, 1.165) is 24.4 Å². The third-order valence-corrected chi connectivity index (χ3v) is 6.02. The van der Waals surface area contributed by atoms with Gasteiger partial charge in [-0.2, -0.15) is 0 Å². The molecule has 126 valence electrons. The lowest BCUT2D eigenvalue weighted by molar-refractivity contribution is 0.147. The third-order valence-electron chi connectivity index (χ3n) is 4.06. The van der Waals surface area contributed by atoms with Gasteiger partial charge in [0, 0.05) is 39.5 Å². The van der Waals surface area contributed by atoms with Gasteiger partial charge in [-0.3, -0.25) is 4.90 Å². The van der Waals surface area contributed by atoms with E-state index in [1.165, 1.54) is 18.4 Å². The summed E-state index contributed by atoms with van der Waals surface area (Å²) in [6.07, 6.45) is 1.35. The number of hydrogen-bond acceptors (Lipinski definition) is 5. The van der Waals surface area contributed by atoms with Crippen molar-refractivity contribution in [2.75, 3.05) is 32.9 Å². The fourth-order valence-corrected chi connectivity index (χ4v) is 3.93. The van der Waals surface area contributed by atoms with Crippen molar-refractivity contribution < 1.29 is 17.9 Å². The van der Waals surface area contributed by atoms with Crippen LogP contribution in [0, 0.1) is 5.92 Å². The summed E-state index contributed by atoms with van der Waals surface area (Å²) in [5, 5.41) is 10.1. The molecule has 1 N–H and O–H groups in total. The number of aliphatic hydroxyl groups excluding tert-OH is 1. The Labute approximate surface area is 132 Å². The second-order valence-corrected chi connectivity index (χ2v) is 8.43. The Hall–Kier alpha value is -0.890. The van der Waals surface area contributed by atoms with Gasteiger partial charge >= 0.3 is 0 Å². The number of nitrogens with zero attached hydrogens (tertiary/aromatic N) is 2. The highest BCUT2D eigenvalue weighted by molar-refractivity contribution is 7.89. The fraction of sp³-hybridized carbons (Fsp3) is 0.733. The Balaban J connectivity index is 1.92. The summed E-state index contributed by atoms with van der Waals surface area (Å²) in [6.45, 7) is 3.77. The lowest BCUT2D eigenvalue weighted by Crippen LogP contribution is -2.33. The van der Waals surface area contributed by atoms with Gasteiger partial charge in [0.2, 0.25) is 10.0 Å². The normalized spacial score (nSPS) is 23.5. The Morgan fingerprint density at radius 1 is 1.32 bits per heavy atom. The molecule has 0 amide bonds. The highest BCUT2D eigenvalue weighted by Gasteiger charge is 2.35. The van der Waals surface area contributed by atoms with Gasteiger partial charge < -0.3 is 9.52 Å². The number of aliphatic hydroxyl groups is 1. The van der Waals surface area contributed by atoms with E-state index in [1.807, 2.05) is 12.1 Å². The molecule has 2 atom stereocenters. The molecule has 0 saturated carbocycles. The highest BCUT2D eigenvalue weighted by atomic mass is 32.2. The van der Waals surface area contributed by atoms with Crippen LogP contribution in [0.2, 0.25) is 0 Å². The maximum Gasteiger partial charge on any atom is 0.214 e. The van der Waals surface area contributed by atoms with E-state index in [4.69, 9.17) is 4.42 Å². The summed E-state index contributed by atoms with van der Waals surface area (Å²) in [4.78, 5) is 2.05. The van der Waals surface area contributed by atoms with Gasteiger partial charge in [0.1, 0.15) is 11.5 Å². The molecule has 0 bridgehead atoms. The smallest absolute Gasteiger partial charge is 0.214 e. The molecule has 7 heteroatoms. The first-order chi connectivity index (χ1) is 10.3. The lowest BCUT2D eigenvalue weighted by atomic mass is 10.1. The van der Waals surface area contributed by atoms with Crippen LogP contribution in [0.5, 0.6) is 0 Å². The molecule has 0 radical (unpaired) electrons. The van der Waals surface area contributed by atoms with Gasteiger partial charge in [-0.1, -0.05) is 6.92 Å². The van der Waals surface area contributed by atoms with Gasteiger partial charge in [0.15, 0.2) is 0 Å². The van der Waals surface area contributed by atoms with Crippen molar-refractivity contribution >= 4 is 10.0 Å². The van der Waals surface area contributed by atoms with Gasteiger partial charge in [-0.25, -0.2) is 12.7 Å². The van der Waals surface area contributed by atoms with Crippen LogP contribution in [0.1, 0.15) is 24.9 Å².